The summed E-state index contributed by atoms with van der Waals surface area (Å²) >= 11 is 0. The van der Waals surface area contributed by atoms with Crippen molar-refractivity contribution in [3.05, 3.63) is 29.6 Å². The Labute approximate surface area is 140 Å². The molecule has 0 unspecified atom stereocenters. The summed E-state index contributed by atoms with van der Waals surface area (Å²) in [5.41, 5.74) is 5.07. The highest BCUT2D eigenvalue weighted by Crippen LogP contribution is 2.19. The SMILES string of the molecule is CCCN(CC(=O)Nc1ccc(F)c(F)c1F)CC(C)(C)N.Cl. The van der Waals surface area contributed by atoms with Crippen LogP contribution in [0.25, 0.3) is 0 Å². The fourth-order valence-corrected chi connectivity index (χ4v) is 2.12. The van der Waals surface area contributed by atoms with Gasteiger partial charge < -0.3 is 11.1 Å². The topological polar surface area (TPSA) is 58.4 Å². The maximum absolute atomic E-state index is 13.5. The number of halogens is 4. The molecule has 8 heteroatoms. The molecule has 1 aromatic carbocycles. The van der Waals surface area contributed by atoms with Crippen molar-refractivity contribution in [3.8, 4) is 0 Å². The Hall–Kier alpha value is -1.31. The summed E-state index contributed by atoms with van der Waals surface area (Å²) in [6.07, 6.45) is 0.822. The van der Waals surface area contributed by atoms with Crippen molar-refractivity contribution >= 4 is 24.0 Å². The number of nitrogens with one attached hydrogen (secondary N) is 1. The first-order valence-corrected chi connectivity index (χ1v) is 7.08. The average Bonchev–Trinajstić information content (AvgIpc) is 2.38. The highest BCUT2D eigenvalue weighted by molar-refractivity contribution is 5.92. The van der Waals surface area contributed by atoms with Gasteiger partial charge in [-0.15, -0.1) is 12.4 Å². The first-order valence-electron chi connectivity index (χ1n) is 7.08. The Morgan fingerprint density at radius 2 is 1.87 bits per heavy atom. The number of amides is 1. The fourth-order valence-electron chi connectivity index (χ4n) is 2.12. The molecule has 4 nitrogen and oxygen atoms in total. The summed E-state index contributed by atoms with van der Waals surface area (Å²) in [7, 11) is 0. The molecule has 0 aliphatic heterocycles. The molecule has 1 rings (SSSR count). The van der Waals surface area contributed by atoms with Crippen molar-refractivity contribution in [1.82, 2.24) is 4.90 Å². The lowest BCUT2D eigenvalue weighted by Gasteiger charge is -2.29. The predicted octanol–water partition coefficient (Wildman–Crippen LogP) is 2.91. The van der Waals surface area contributed by atoms with Crippen LogP contribution in [0, 0.1) is 17.5 Å². The van der Waals surface area contributed by atoms with Crippen molar-refractivity contribution in [1.29, 1.82) is 0 Å². The number of hydrogen-bond acceptors (Lipinski definition) is 3. The van der Waals surface area contributed by atoms with Crippen LogP contribution < -0.4 is 11.1 Å². The molecule has 1 amide bonds. The van der Waals surface area contributed by atoms with Gasteiger partial charge in [-0.05, 0) is 38.9 Å². The fraction of sp³-hybridized carbons (Fsp3) is 0.533. The van der Waals surface area contributed by atoms with Crippen LogP contribution in [0.2, 0.25) is 0 Å². The van der Waals surface area contributed by atoms with Crippen LogP contribution in [0.3, 0.4) is 0 Å². The largest absolute Gasteiger partial charge is 0.324 e. The Kier molecular flexibility index (Phi) is 8.58. The van der Waals surface area contributed by atoms with E-state index < -0.39 is 28.9 Å². The average molecular weight is 354 g/mol. The number of benzene rings is 1. The molecule has 0 fully saturated rings. The van der Waals surface area contributed by atoms with Gasteiger partial charge in [0.1, 0.15) is 0 Å². The molecule has 0 bridgehead atoms. The van der Waals surface area contributed by atoms with Gasteiger partial charge in [0, 0.05) is 12.1 Å². The zero-order valence-electron chi connectivity index (χ0n) is 13.5. The second-order valence-corrected chi connectivity index (χ2v) is 5.97. The van der Waals surface area contributed by atoms with E-state index in [0.29, 0.717) is 13.1 Å². The molecule has 0 heterocycles. The summed E-state index contributed by atoms with van der Waals surface area (Å²) in [6, 6.07) is 1.75. The lowest BCUT2D eigenvalue weighted by Crippen LogP contribution is -2.47. The minimum Gasteiger partial charge on any atom is -0.324 e. The van der Waals surface area contributed by atoms with Gasteiger partial charge in [0.15, 0.2) is 17.5 Å². The Morgan fingerprint density at radius 1 is 1.26 bits per heavy atom. The molecule has 1 aromatic rings. The third kappa shape index (κ3) is 7.20. The molecule has 132 valence electrons. The van der Waals surface area contributed by atoms with E-state index in [1.54, 1.807) is 0 Å². The molecular formula is C15H23ClF3N3O. The van der Waals surface area contributed by atoms with Gasteiger partial charge >= 0.3 is 0 Å². The highest BCUT2D eigenvalue weighted by atomic mass is 35.5. The smallest absolute Gasteiger partial charge is 0.238 e. The second kappa shape index (κ2) is 9.10. The molecular weight excluding hydrogens is 331 g/mol. The van der Waals surface area contributed by atoms with Crippen LogP contribution in [0.1, 0.15) is 27.2 Å². The number of hydrogen-bond donors (Lipinski definition) is 2. The van der Waals surface area contributed by atoms with E-state index in [9.17, 15) is 18.0 Å². The van der Waals surface area contributed by atoms with Crippen LogP contribution in [-0.2, 0) is 4.79 Å². The minimum atomic E-state index is -1.61. The normalized spacial score (nSPS) is 11.3. The molecule has 0 saturated heterocycles. The van der Waals surface area contributed by atoms with Gasteiger partial charge in [-0.3, -0.25) is 9.69 Å². The number of carbonyl (C=O) groups excluding carboxylic acids is 1. The van der Waals surface area contributed by atoms with Crippen LogP contribution >= 0.6 is 12.4 Å². The summed E-state index contributed by atoms with van der Waals surface area (Å²) in [5.74, 6) is -4.82. The molecule has 0 atom stereocenters. The molecule has 0 saturated carbocycles. The van der Waals surface area contributed by atoms with Crippen molar-refractivity contribution in [2.24, 2.45) is 5.73 Å². The predicted molar refractivity (Wildman–Crippen MR) is 87.2 cm³/mol. The van der Waals surface area contributed by atoms with Crippen LogP contribution in [-0.4, -0.2) is 36.0 Å². The Bertz CT molecular complexity index is 535. The van der Waals surface area contributed by atoms with E-state index in [1.165, 1.54) is 0 Å². The summed E-state index contributed by atoms with van der Waals surface area (Å²) in [4.78, 5) is 13.8. The standard InChI is InChI=1S/C15H22F3N3O.ClH/c1-4-7-21(9-15(2,3)19)8-12(22)20-11-6-5-10(16)13(17)14(11)18;/h5-6H,4,7-9,19H2,1-3H3,(H,20,22);1H. The van der Waals surface area contributed by atoms with E-state index in [4.69, 9.17) is 5.73 Å². The van der Waals surface area contributed by atoms with Crippen LogP contribution in [0.4, 0.5) is 18.9 Å². The van der Waals surface area contributed by atoms with E-state index in [-0.39, 0.29) is 24.6 Å². The molecule has 3 N–H and O–H groups in total. The number of anilines is 1. The van der Waals surface area contributed by atoms with Crippen molar-refractivity contribution in [2.75, 3.05) is 25.0 Å². The number of carbonyl (C=O) groups is 1. The summed E-state index contributed by atoms with van der Waals surface area (Å²) in [5, 5.41) is 2.25. The zero-order chi connectivity index (χ0) is 16.9. The summed E-state index contributed by atoms with van der Waals surface area (Å²) in [6.45, 7) is 6.75. The maximum atomic E-state index is 13.5. The molecule has 0 radical (unpaired) electrons. The van der Waals surface area contributed by atoms with E-state index in [2.05, 4.69) is 5.32 Å². The minimum absolute atomic E-state index is 0. The first kappa shape index (κ1) is 21.7. The van der Waals surface area contributed by atoms with Gasteiger partial charge in [-0.25, -0.2) is 13.2 Å². The molecule has 0 aromatic heterocycles. The molecule has 0 aliphatic rings. The van der Waals surface area contributed by atoms with Gasteiger partial charge in [-0.1, -0.05) is 6.92 Å². The van der Waals surface area contributed by atoms with Gasteiger partial charge in [0.2, 0.25) is 5.91 Å². The number of nitrogens with two attached hydrogens (primary N) is 1. The van der Waals surface area contributed by atoms with Crippen molar-refractivity contribution in [3.63, 3.8) is 0 Å². The number of rotatable bonds is 7. The Morgan fingerprint density at radius 3 is 2.39 bits per heavy atom. The third-order valence-corrected chi connectivity index (χ3v) is 2.85. The maximum Gasteiger partial charge on any atom is 0.238 e. The molecule has 0 aliphatic carbocycles. The number of nitrogens with zero attached hydrogens (tertiary/aromatic N) is 1. The monoisotopic (exact) mass is 353 g/mol. The lowest BCUT2D eigenvalue weighted by atomic mass is 10.1. The lowest BCUT2D eigenvalue weighted by molar-refractivity contribution is -0.117. The molecule has 0 spiro atoms. The van der Waals surface area contributed by atoms with Crippen molar-refractivity contribution in [2.45, 2.75) is 32.7 Å². The van der Waals surface area contributed by atoms with E-state index in [1.807, 2.05) is 25.7 Å². The van der Waals surface area contributed by atoms with Crippen LogP contribution in [0.5, 0.6) is 0 Å². The van der Waals surface area contributed by atoms with E-state index in [0.717, 1.165) is 18.6 Å². The highest BCUT2D eigenvalue weighted by Gasteiger charge is 2.20. The van der Waals surface area contributed by atoms with Gasteiger partial charge in [-0.2, -0.15) is 0 Å². The van der Waals surface area contributed by atoms with Crippen molar-refractivity contribution < 1.29 is 18.0 Å². The third-order valence-electron chi connectivity index (χ3n) is 2.85. The Balaban J connectivity index is 0.00000484. The quantitative estimate of drug-likeness (QED) is 0.741. The second-order valence-electron chi connectivity index (χ2n) is 5.97. The summed E-state index contributed by atoms with van der Waals surface area (Å²) < 4.78 is 39.5. The first-order chi connectivity index (χ1) is 10.1. The zero-order valence-corrected chi connectivity index (χ0v) is 14.3. The van der Waals surface area contributed by atoms with Gasteiger partial charge in [0.25, 0.3) is 0 Å². The molecule has 23 heavy (non-hydrogen) atoms. The van der Waals surface area contributed by atoms with Gasteiger partial charge in [0.05, 0.1) is 12.2 Å². The van der Waals surface area contributed by atoms with E-state index >= 15 is 0 Å². The van der Waals surface area contributed by atoms with Crippen LogP contribution in [0.15, 0.2) is 12.1 Å².